The number of nitrogens with one attached hydrogen (secondary N) is 1. The maximum absolute atomic E-state index is 5.13. The molecule has 0 saturated heterocycles. The number of hydrogen-bond donors (Lipinski definition) is 1. The Bertz CT molecular complexity index is 372. The van der Waals surface area contributed by atoms with Gasteiger partial charge in [-0.3, -0.25) is 0 Å². The van der Waals surface area contributed by atoms with Crippen molar-refractivity contribution in [2.75, 3.05) is 19.0 Å². The van der Waals surface area contributed by atoms with Gasteiger partial charge in [-0.25, -0.2) is 4.98 Å². The molecule has 1 N–H and O–H groups in total. The van der Waals surface area contributed by atoms with Gasteiger partial charge in [-0.1, -0.05) is 39.5 Å². The van der Waals surface area contributed by atoms with Gasteiger partial charge >= 0.3 is 0 Å². The maximum atomic E-state index is 5.13. The molecule has 0 amide bonds. The third kappa shape index (κ3) is 6.76. The Balaban J connectivity index is 2.15. The molecule has 19 heavy (non-hydrogen) atoms. The number of nitrogens with zero attached hydrogens (tertiary/aromatic N) is 2. The van der Waals surface area contributed by atoms with Crippen molar-refractivity contribution in [3.05, 3.63) is 10.7 Å². The van der Waals surface area contributed by atoms with Crippen LogP contribution in [0.2, 0.25) is 0 Å². The van der Waals surface area contributed by atoms with Crippen LogP contribution in [-0.4, -0.2) is 23.6 Å². The van der Waals surface area contributed by atoms with E-state index in [2.05, 4.69) is 45.1 Å². The fourth-order valence-corrected chi connectivity index (χ4v) is 2.16. The van der Waals surface area contributed by atoms with E-state index >= 15 is 0 Å². The molecule has 0 aliphatic rings. The lowest BCUT2D eigenvalue weighted by Gasteiger charge is -2.07. The topological polar surface area (TPSA) is 47.0 Å². The Labute approximate surface area is 124 Å². The van der Waals surface area contributed by atoms with E-state index in [1.165, 1.54) is 25.7 Å². The summed E-state index contributed by atoms with van der Waals surface area (Å²) in [6.07, 6.45) is 8.09. The van der Waals surface area contributed by atoms with Gasteiger partial charge in [0, 0.05) is 6.54 Å². The third-order valence-corrected chi connectivity index (χ3v) is 3.44. The molecule has 5 heteroatoms. The minimum atomic E-state index is 0.564. The van der Waals surface area contributed by atoms with Crippen molar-refractivity contribution in [1.29, 1.82) is 0 Å². The number of aromatic nitrogens is 2. The number of anilines is 1. The van der Waals surface area contributed by atoms with Crippen LogP contribution in [0.4, 0.5) is 5.95 Å². The van der Waals surface area contributed by atoms with E-state index in [-0.39, 0.29) is 0 Å². The maximum Gasteiger partial charge on any atom is 0.232 e. The van der Waals surface area contributed by atoms with Gasteiger partial charge in [0.1, 0.15) is 0 Å². The molecule has 0 aromatic carbocycles. The van der Waals surface area contributed by atoms with Crippen LogP contribution >= 0.6 is 15.9 Å². The second-order valence-electron chi connectivity index (χ2n) is 5.07. The summed E-state index contributed by atoms with van der Waals surface area (Å²) < 4.78 is 5.90. The zero-order valence-electron chi connectivity index (χ0n) is 12.1. The summed E-state index contributed by atoms with van der Waals surface area (Å²) >= 11 is 3.33. The van der Waals surface area contributed by atoms with Crippen molar-refractivity contribution in [2.45, 2.75) is 46.0 Å². The summed E-state index contributed by atoms with van der Waals surface area (Å²) in [5.41, 5.74) is 0. The minimum absolute atomic E-state index is 0.564. The van der Waals surface area contributed by atoms with Crippen molar-refractivity contribution in [3.63, 3.8) is 0 Å². The van der Waals surface area contributed by atoms with Gasteiger partial charge in [-0.2, -0.15) is 4.98 Å². The smallest absolute Gasteiger partial charge is 0.232 e. The molecule has 0 unspecified atom stereocenters. The Kier molecular flexibility index (Phi) is 7.79. The lowest BCUT2D eigenvalue weighted by atomic mass is 10.0. The third-order valence-electron chi connectivity index (χ3n) is 2.90. The molecule has 0 atom stereocenters. The van der Waals surface area contributed by atoms with Gasteiger partial charge in [0.15, 0.2) is 0 Å². The molecule has 0 aliphatic heterocycles. The molecule has 108 valence electrons. The number of hydrogen-bond acceptors (Lipinski definition) is 4. The van der Waals surface area contributed by atoms with Crippen molar-refractivity contribution in [2.24, 2.45) is 5.92 Å². The van der Waals surface area contributed by atoms with E-state index < -0.39 is 0 Å². The van der Waals surface area contributed by atoms with Crippen LogP contribution in [0.25, 0.3) is 0 Å². The van der Waals surface area contributed by atoms with Crippen molar-refractivity contribution >= 4 is 21.9 Å². The highest BCUT2D eigenvalue weighted by atomic mass is 79.9. The first-order valence-electron chi connectivity index (χ1n) is 6.94. The molecular weight excluding hydrogens is 306 g/mol. The summed E-state index contributed by atoms with van der Waals surface area (Å²) in [5.74, 6) is 2.01. The predicted molar refractivity (Wildman–Crippen MR) is 82.7 cm³/mol. The van der Waals surface area contributed by atoms with Gasteiger partial charge in [0.05, 0.1) is 17.8 Å². The van der Waals surface area contributed by atoms with E-state index in [0.717, 1.165) is 23.4 Å². The Morgan fingerprint density at radius 1 is 1.26 bits per heavy atom. The molecule has 0 fully saturated rings. The van der Waals surface area contributed by atoms with E-state index in [4.69, 9.17) is 4.74 Å². The number of halogens is 1. The second-order valence-corrected chi connectivity index (χ2v) is 5.93. The van der Waals surface area contributed by atoms with Gasteiger partial charge in [0.25, 0.3) is 0 Å². The molecule has 0 saturated carbocycles. The first-order valence-corrected chi connectivity index (χ1v) is 7.73. The minimum Gasteiger partial charge on any atom is -0.480 e. The Morgan fingerprint density at radius 3 is 2.68 bits per heavy atom. The summed E-state index contributed by atoms with van der Waals surface area (Å²) in [6, 6.07) is 0. The highest BCUT2D eigenvalue weighted by molar-refractivity contribution is 9.10. The quantitative estimate of drug-likeness (QED) is 0.687. The standard InChI is InChI=1S/C14H24BrN3O/c1-11(2)8-6-4-5-7-9-16-14-17-10-12(15)13(18-14)19-3/h10-11H,4-9H2,1-3H3,(H,16,17,18). The van der Waals surface area contributed by atoms with Crippen molar-refractivity contribution in [1.82, 2.24) is 9.97 Å². The molecule has 0 aliphatic carbocycles. The van der Waals surface area contributed by atoms with Crippen LogP contribution in [-0.2, 0) is 0 Å². The Morgan fingerprint density at radius 2 is 2.00 bits per heavy atom. The van der Waals surface area contributed by atoms with Gasteiger partial charge < -0.3 is 10.1 Å². The summed E-state index contributed by atoms with van der Waals surface area (Å²) in [4.78, 5) is 8.45. The average Bonchev–Trinajstić information content (AvgIpc) is 2.39. The zero-order valence-corrected chi connectivity index (χ0v) is 13.7. The van der Waals surface area contributed by atoms with Crippen LogP contribution in [0, 0.1) is 5.92 Å². The van der Waals surface area contributed by atoms with E-state index in [9.17, 15) is 0 Å². The fraction of sp³-hybridized carbons (Fsp3) is 0.714. The van der Waals surface area contributed by atoms with E-state index in [0.29, 0.717) is 11.8 Å². The van der Waals surface area contributed by atoms with Gasteiger partial charge in [-0.15, -0.1) is 0 Å². The largest absolute Gasteiger partial charge is 0.480 e. The molecule has 1 rings (SSSR count). The van der Waals surface area contributed by atoms with Crippen LogP contribution in [0.1, 0.15) is 46.0 Å². The molecule has 1 aromatic heterocycles. The highest BCUT2D eigenvalue weighted by Crippen LogP contribution is 2.21. The zero-order chi connectivity index (χ0) is 14.1. The molecule has 1 heterocycles. The molecule has 0 spiro atoms. The number of ether oxygens (including phenoxy) is 1. The van der Waals surface area contributed by atoms with Crippen molar-refractivity contribution in [3.8, 4) is 5.88 Å². The SMILES string of the molecule is COc1nc(NCCCCCCC(C)C)ncc1Br. The first kappa shape index (κ1) is 16.2. The average molecular weight is 330 g/mol. The molecule has 4 nitrogen and oxygen atoms in total. The summed E-state index contributed by atoms with van der Waals surface area (Å²) in [5, 5.41) is 3.22. The molecule has 1 aromatic rings. The van der Waals surface area contributed by atoms with E-state index in [1.54, 1.807) is 13.3 Å². The molecule has 0 bridgehead atoms. The number of rotatable bonds is 9. The fourth-order valence-electron chi connectivity index (χ4n) is 1.81. The highest BCUT2D eigenvalue weighted by Gasteiger charge is 2.04. The summed E-state index contributed by atoms with van der Waals surface area (Å²) in [6.45, 7) is 5.46. The monoisotopic (exact) mass is 329 g/mol. The Hall–Kier alpha value is -0.840. The van der Waals surface area contributed by atoms with Gasteiger partial charge in [-0.05, 0) is 28.3 Å². The van der Waals surface area contributed by atoms with E-state index in [1.807, 2.05) is 0 Å². The van der Waals surface area contributed by atoms with Crippen molar-refractivity contribution < 1.29 is 4.74 Å². The number of unbranched alkanes of at least 4 members (excludes halogenated alkanes) is 3. The van der Waals surface area contributed by atoms with Crippen LogP contribution in [0.15, 0.2) is 10.7 Å². The second kappa shape index (κ2) is 9.13. The van der Waals surface area contributed by atoms with Crippen LogP contribution in [0.3, 0.4) is 0 Å². The molecular formula is C14H24BrN3O. The molecule has 0 radical (unpaired) electrons. The lowest BCUT2D eigenvalue weighted by Crippen LogP contribution is -2.06. The predicted octanol–water partition coefficient (Wildman–Crippen LogP) is 4.27. The normalized spacial score (nSPS) is 10.8. The first-order chi connectivity index (χ1) is 9.13. The number of methoxy groups -OCH3 is 1. The summed E-state index contributed by atoms with van der Waals surface area (Å²) in [7, 11) is 1.60. The van der Waals surface area contributed by atoms with Gasteiger partial charge in [0.2, 0.25) is 11.8 Å². The van der Waals surface area contributed by atoms with Crippen LogP contribution < -0.4 is 10.1 Å². The van der Waals surface area contributed by atoms with Crippen LogP contribution in [0.5, 0.6) is 5.88 Å². The lowest BCUT2D eigenvalue weighted by molar-refractivity contribution is 0.394.